The molecule has 0 unspecified atom stereocenters. The molecule has 27 heavy (non-hydrogen) atoms. The molecule has 1 N–H and O–H groups in total. The minimum Gasteiger partial charge on any atom is -0.507 e. The number of fused-ring (bicyclic) bond motifs is 1. The van der Waals surface area contributed by atoms with Gasteiger partial charge in [0.1, 0.15) is 11.5 Å². The average Bonchev–Trinajstić information content (AvgIpc) is 3.34. The number of benzene rings is 2. The van der Waals surface area contributed by atoms with Crippen molar-refractivity contribution in [1.29, 1.82) is 0 Å². The van der Waals surface area contributed by atoms with Crippen molar-refractivity contribution >= 4 is 0 Å². The number of hydrogen-bond acceptors (Lipinski definition) is 6. The van der Waals surface area contributed by atoms with Crippen LogP contribution in [0.2, 0.25) is 0 Å². The van der Waals surface area contributed by atoms with Crippen LogP contribution in [0, 0.1) is 0 Å². The number of nitrogens with zero attached hydrogens (tertiary/aromatic N) is 1. The maximum absolute atomic E-state index is 10.4. The standard InChI is InChI=1S/C21H25NO5/c1-24-17-6-5-16(19(23)10-17)12-22(13-18-3-2-8-25-18)11-15-4-7-20-21(9-15)27-14-26-20/h4-7,9-10,18,23H,2-3,8,11-14H2,1H3/t18-/m0/s1. The Balaban J connectivity index is 1.51. The fourth-order valence-corrected chi connectivity index (χ4v) is 3.60. The third-order valence-corrected chi connectivity index (χ3v) is 5.02. The average molecular weight is 371 g/mol. The van der Waals surface area contributed by atoms with Gasteiger partial charge in [-0.1, -0.05) is 12.1 Å². The van der Waals surface area contributed by atoms with Crippen LogP contribution in [0.25, 0.3) is 0 Å². The molecular weight excluding hydrogens is 346 g/mol. The quantitative estimate of drug-likeness (QED) is 0.806. The lowest BCUT2D eigenvalue weighted by atomic mass is 10.1. The van der Waals surface area contributed by atoms with Gasteiger partial charge in [0.25, 0.3) is 0 Å². The molecule has 6 heteroatoms. The molecule has 0 saturated carbocycles. The first-order chi connectivity index (χ1) is 13.2. The fraction of sp³-hybridized carbons (Fsp3) is 0.429. The molecule has 1 saturated heterocycles. The first-order valence-corrected chi connectivity index (χ1v) is 9.29. The fourth-order valence-electron chi connectivity index (χ4n) is 3.60. The Hall–Kier alpha value is -2.44. The molecule has 6 nitrogen and oxygen atoms in total. The molecule has 2 heterocycles. The van der Waals surface area contributed by atoms with Crippen LogP contribution in [-0.2, 0) is 17.8 Å². The molecule has 0 bridgehead atoms. The summed E-state index contributed by atoms with van der Waals surface area (Å²) in [7, 11) is 1.60. The Morgan fingerprint density at radius 2 is 2.00 bits per heavy atom. The number of ether oxygens (including phenoxy) is 4. The van der Waals surface area contributed by atoms with Crippen molar-refractivity contribution in [3.05, 3.63) is 47.5 Å². The summed E-state index contributed by atoms with van der Waals surface area (Å²) in [5, 5.41) is 10.4. The molecule has 0 radical (unpaired) electrons. The Morgan fingerprint density at radius 3 is 2.78 bits per heavy atom. The van der Waals surface area contributed by atoms with Crippen molar-refractivity contribution in [1.82, 2.24) is 4.90 Å². The van der Waals surface area contributed by atoms with Gasteiger partial charge in [0, 0.05) is 37.9 Å². The molecule has 2 aromatic rings. The van der Waals surface area contributed by atoms with Crippen LogP contribution in [0.3, 0.4) is 0 Å². The Labute approximate surface area is 159 Å². The monoisotopic (exact) mass is 371 g/mol. The number of methoxy groups -OCH3 is 1. The summed E-state index contributed by atoms with van der Waals surface area (Å²) >= 11 is 0. The van der Waals surface area contributed by atoms with Gasteiger partial charge in [0.05, 0.1) is 13.2 Å². The summed E-state index contributed by atoms with van der Waals surface area (Å²) in [5.74, 6) is 2.48. The van der Waals surface area contributed by atoms with Gasteiger partial charge in [-0.25, -0.2) is 0 Å². The van der Waals surface area contributed by atoms with Crippen molar-refractivity contribution in [2.45, 2.75) is 32.0 Å². The minimum atomic E-state index is 0.236. The maximum Gasteiger partial charge on any atom is 0.231 e. The smallest absolute Gasteiger partial charge is 0.231 e. The molecule has 0 spiro atoms. The molecule has 0 amide bonds. The van der Waals surface area contributed by atoms with Crippen LogP contribution in [0.1, 0.15) is 24.0 Å². The van der Waals surface area contributed by atoms with Gasteiger partial charge in [-0.05, 0) is 36.6 Å². The highest BCUT2D eigenvalue weighted by molar-refractivity contribution is 5.44. The van der Waals surface area contributed by atoms with E-state index in [4.69, 9.17) is 18.9 Å². The van der Waals surface area contributed by atoms with Crippen molar-refractivity contribution in [3.8, 4) is 23.0 Å². The molecule has 1 fully saturated rings. The van der Waals surface area contributed by atoms with Gasteiger partial charge < -0.3 is 24.1 Å². The Kier molecular flexibility index (Phi) is 5.36. The summed E-state index contributed by atoms with van der Waals surface area (Å²) in [5.41, 5.74) is 2.01. The summed E-state index contributed by atoms with van der Waals surface area (Å²) in [4.78, 5) is 2.30. The van der Waals surface area contributed by atoms with Crippen LogP contribution in [0.5, 0.6) is 23.0 Å². The summed E-state index contributed by atoms with van der Waals surface area (Å²) < 4.78 is 21.9. The van der Waals surface area contributed by atoms with E-state index in [0.29, 0.717) is 12.3 Å². The molecule has 2 aliphatic rings. The highest BCUT2D eigenvalue weighted by Crippen LogP contribution is 2.33. The number of phenols is 1. The molecule has 2 aliphatic heterocycles. The van der Waals surface area contributed by atoms with E-state index < -0.39 is 0 Å². The van der Waals surface area contributed by atoms with Crippen molar-refractivity contribution in [3.63, 3.8) is 0 Å². The number of aromatic hydroxyl groups is 1. The summed E-state index contributed by atoms with van der Waals surface area (Å²) in [6.45, 7) is 3.29. The summed E-state index contributed by atoms with van der Waals surface area (Å²) in [6, 6.07) is 11.5. The third kappa shape index (κ3) is 4.28. The van der Waals surface area contributed by atoms with E-state index in [-0.39, 0.29) is 18.6 Å². The molecule has 4 rings (SSSR count). The van der Waals surface area contributed by atoms with Crippen LogP contribution < -0.4 is 14.2 Å². The lowest BCUT2D eigenvalue weighted by molar-refractivity contribution is 0.0676. The van der Waals surface area contributed by atoms with Crippen LogP contribution in [0.15, 0.2) is 36.4 Å². The topological polar surface area (TPSA) is 60.4 Å². The zero-order chi connectivity index (χ0) is 18.6. The van der Waals surface area contributed by atoms with Crippen molar-refractivity contribution < 1.29 is 24.1 Å². The van der Waals surface area contributed by atoms with E-state index >= 15 is 0 Å². The lowest BCUT2D eigenvalue weighted by Crippen LogP contribution is -2.31. The number of hydrogen-bond donors (Lipinski definition) is 1. The van der Waals surface area contributed by atoms with Gasteiger partial charge >= 0.3 is 0 Å². The second kappa shape index (κ2) is 8.06. The highest BCUT2D eigenvalue weighted by Gasteiger charge is 2.21. The third-order valence-electron chi connectivity index (χ3n) is 5.02. The maximum atomic E-state index is 10.4. The number of rotatable bonds is 7. The number of phenolic OH excluding ortho intramolecular Hbond substituents is 1. The highest BCUT2D eigenvalue weighted by atomic mass is 16.7. The molecule has 2 aromatic carbocycles. The molecular formula is C21H25NO5. The van der Waals surface area contributed by atoms with Gasteiger partial charge in [-0.2, -0.15) is 0 Å². The predicted molar refractivity (Wildman–Crippen MR) is 100 cm³/mol. The van der Waals surface area contributed by atoms with E-state index in [1.165, 1.54) is 0 Å². The first kappa shape index (κ1) is 17.9. The van der Waals surface area contributed by atoms with Gasteiger partial charge in [0.2, 0.25) is 6.79 Å². The molecule has 1 atom stereocenters. The minimum absolute atomic E-state index is 0.236. The van der Waals surface area contributed by atoms with Crippen molar-refractivity contribution in [2.24, 2.45) is 0 Å². The van der Waals surface area contributed by atoms with E-state index in [9.17, 15) is 5.11 Å². The van der Waals surface area contributed by atoms with E-state index in [0.717, 1.165) is 55.2 Å². The predicted octanol–water partition coefficient (Wildman–Crippen LogP) is 3.31. The zero-order valence-electron chi connectivity index (χ0n) is 15.5. The van der Waals surface area contributed by atoms with Crippen molar-refractivity contribution in [2.75, 3.05) is 27.1 Å². The first-order valence-electron chi connectivity index (χ1n) is 9.29. The zero-order valence-corrected chi connectivity index (χ0v) is 15.5. The van der Waals surface area contributed by atoms with Gasteiger partial charge in [-0.15, -0.1) is 0 Å². The second-order valence-electron chi connectivity index (χ2n) is 6.99. The Morgan fingerprint density at radius 1 is 1.11 bits per heavy atom. The van der Waals surface area contributed by atoms with Gasteiger partial charge in [0.15, 0.2) is 11.5 Å². The van der Waals surface area contributed by atoms with E-state index in [1.807, 2.05) is 24.3 Å². The summed E-state index contributed by atoms with van der Waals surface area (Å²) in [6.07, 6.45) is 2.42. The molecule has 0 aliphatic carbocycles. The second-order valence-corrected chi connectivity index (χ2v) is 6.99. The lowest BCUT2D eigenvalue weighted by Gasteiger charge is -2.26. The normalized spacial score (nSPS) is 18.2. The van der Waals surface area contributed by atoms with E-state index in [1.54, 1.807) is 13.2 Å². The SMILES string of the molecule is COc1ccc(CN(Cc2ccc3c(c2)OCO3)C[C@@H]2CCCO2)c(O)c1. The largest absolute Gasteiger partial charge is 0.507 e. The molecule has 144 valence electrons. The van der Waals surface area contributed by atoms with Crippen LogP contribution >= 0.6 is 0 Å². The van der Waals surface area contributed by atoms with Gasteiger partial charge in [-0.3, -0.25) is 4.90 Å². The van der Waals surface area contributed by atoms with Crippen LogP contribution in [0.4, 0.5) is 0 Å². The van der Waals surface area contributed by atoms with Crippen LogP contribution in [-0.4, -0.2) is 43.2 Å². The molecule has 0 aromatic heterocycles. The Bertz CT molecular complexity index is 788. The van der Waals surface area contributed by atoms with E-state index in [2.05, 4.69) is 11.0 Å².